The molecule has 0 saturated heterocycles. The number of hydrogen-bond acceptors (Lipinski definition) is 2. The maximum atomic E-state index is 4.16. The number of nitrogens with zero attached hydrogens (tertiary/aromatic N) is 1. The second kappa shape index (κ2) is 4.84. The van der Waals surface area contributed by atoms with Crippen molar-refractivity contribution in [1.82, 2.24) is 10.3 Å². The standard InChI is InChI=1S/C18H26N2/c1-19-17(16-2-4-20-5-3-16)12-18-9-13-6-14(10-18)8-15(7-13)11-18/h2-5,13-15,17,19H,6-12H2,1H3. The van der Waals surface area contributed by atoms with Crippen molar-refractivity contribution in [2.75, 3.05) is 7.05 Å². The van der Waals surface area contributed by atoms with Gasteiger partial charge in [-0.05, 0) is 92.9 Å². The maximum Gasteiger partial charge on any atom is 0.0323 e. The first-order valence-electron chi connectivity index (χ1n) is 8.33. The zero-order valence-corrected chi connectivity index (χ0v) is 12.5. The second-order valence-electron chi connectivity index (χ2n) is 7.74. The van der Waals surface area contributed by atoms with E-state index in [0.717, 1.165) is 17.8 Å². The summed E-state index contributed by atoms with van der Waals surface area (Å²) in [7, 11) is 2.12. The van der Waals surface area contributed by atoms with Crippen LogP contribution in [0.2, 0.25) is 0 Å². The molecule has 0 aromatic carbocycles. The Morgan fingerprint density at radius 2 is 1.65 bits per heavy atom. The zero-order chi connectivity index (χ0) is 13.6. The van der Waals surface area contributed by atoms with E-state index in [1.165, 1.54) is 50.5 Å². The van der Waals surface area contributed by atoms with Gasteiger partial charge in [-0.1, -0.05) is 0 Å². The smallest absolute Gasteiger partial charge is 0.0323 e. The van der Waals surface area contributed by atoms with Crippen molar-refractivity contribution in [3.05, 3.63) is 30.1 Å². The number of aromatic nitrogens is 1. The Hall–Kier alpha value is -0.890. The second-order valence-corrected chi connectivity index (χ2v) is 7.74. The van der Waals surface area contributed by atoms with Crippen LogP contribution >= 0.6 is 0 Å². The molecule has 108 valence electrons. The van der Waals surface area contributed by atoms with Gasteiger partial charge in [-0.25, -0.2) is 0 Å². The summed E-state index contributed by atoms with van der Waals surface area (Å²) in [5, 5.41) is 3.57. The van der Waals surface area contributed by atoms with Crippen LogP contribution in [-0.2, 0) is 0 Å². The van der Waals surface area contributed by atoms with Gasteiger partial charge in [0, 0.05) is 18.4 Å². The minimum absolute atomic E-state index is 0.509. The lowest BCUT2D eigenvalue weighted by Gasteiger charge is -2.57. The molecule has 4 bridgehead atoms. The highest BCUT2D eigenvalue weighted by Crippen LogP contribution is 2.62. The summed E-state index contributed by atoms with van der Waals surface area (Å²) in [5.74, 6) is 3.16. The van der Waals surface area contributed by atoms with Crippen LogP contribution < -0.4 is 5.32 Å². The molecule has 1 N–H and O–H groups in total. The van der Waals surface area contributed by atoms with Crippen LogP contribution in [0.3, 0.4) is 0 Å². The first kappa shape index (κ1) is 12.8. The third-order valence-electron chi connectivity index (χ3n) is 6.26. The molecule has 1 unspecified atom stereocenters. The van der Waals surface area contributed by atoms with Gasteiger partial charge in [-0.2, -0.15) is 0 Å². The molecule has 4 aliphatic rings. The SMILES string of the molecule is CNC(CC12CC3CC(CC(C3)C1)C2)c1ccncc1. The van der Waals surface area contributed by atoms with Crippen LogP contribution in [0.15, 0.2) is 24.5 Å². The van der Waals surface area contributed by atoms with Crippen molar-refractivity contribution in [3.8, 4) is 0 Å². The Bertz CT molecular complexity index is 432. The van der Waals surface area contributed by atoms with E-state index >= 15 is 0 Å². The van der Waals surface area contributed by atoms with Gasteiger partial charge in [0.15, 0.2) is 0 Å². The van der Waals surface area contributed by atoms with Crippen LogP contribution in [0, 0.1) is 23.2 Å². The molecule has 4 aliphatic carbocycles. The molecule has 20 heavy (non-hydrogen) atoms. The number of rotatable bonds is 4. The predicted molar refractivity (Wildman–Crippen MR) is 81.3 cm³/mol. The van der Waals surface area contributed by atoms with E-state index in [0.29, 0.717) is 11.5 Å². The van der Waals surface area contributed by atoms with Crippen LogP contribution in [0.25, 0.3) is 0 Å². The summed E-state index contributed by atoms with van der Waals surface area (Å²) in [4.78, 5) is 4.16. The zero-order valence-electron chi connectivity index (χ0n) is 12.5. The summed E-state index contributed by atoms with van der Waals surface area (Å²) in [6.07, 6.45) is 14.3. The van der Waals surface area contributed by atoms with Gasteiger partial charge in [0.05, 0.1) is 0 Å². The maximum absolute atomic E-state index is 4.16. The molecule has 0 radical (unpaired) electrons. The van der Waals surface area contributed by atoms with Crippen LogP contribution in [0.1, 0.15) is 56.6 Å². The molecule has 4 saturated carbocycles. The minimum atomic E-state index is 0.509. The molecule has 1 atom stereocenters. The average molecular weight is 270 g/mol. The summed E-state index contributed by atoms with van der Waals surface area (Å²) >= 11 is 0. The third kappa shape index (κ3) is 2.18. The quantitative estimate of drug-likeness (QED) is 0.896. The van der Waals surface area contributed by atoms with E-state index in [4.69, 9.17) is 0 Å². The van der Waals surface area contributed by atoms with Crippen LogP contribution in [-0.4, -0.2) is 12.0 Å². The van der Waals surface area contributed by atoms with Crippen molar-refractivity contribution < 1.29 is 0 Å². The fourth-order valence-electron chi connectivity index (χ4n) is 5.96. The predicted octanol–water partition coefficient (Wildman–Crippen LogP) is 3.95. The Morgan fingerprint density at radius 1 is 1.10 bits per heavy atom. The Balaban J connectivity index is 1.55. The largest absolute Gasteiger partial charge is 0.313 e. The Morgan fingerprint density at radius 3 is 2.15 bits per heavy atom. The fourth-order valence-corrected chi connectivity index (χ4v) is 5.96. The van der Waals surface area contributed by atoms with Crippen molar-refractivity contribution >= 4 is 0 Å². The fraction of sp³-hybridized carbons (Fsp3) is 0.722. The van der Waals surface area contributed by atoms with Crippen molar-refractivity contribution in [2.24, 2.45) is 23.2 Å². The Kier molecular flexibility index (Phi) is 3.10. The topological polar surface area (TPSA) is 24.9 Å². The summed E-state index contributed by atoms with van der Waals surface area (Å²) < 4.78 is 0. The van der Waals surface area contributed by atoms with Gasteiger partial charge in [0.25, 0.3) is 0 Å². The Labute approximate surface area is 122 Å². The summed E-state index contributed by atoms with van der Waals surface area (Å²) in [5.41, 5.74) is 2.06. The van der Waals surface area contributed by atoms with E-state index in [2.05, 4.69) is 29.5 Å². The molecule has 0 spiro atoms. The van der Waals surface area contributed by atoms with Crippen molar-refractivity contribution in [2.45, 2.75) is 51.0 Å². The number of pyridine rings is 1. The van der Waals surface area contributed by atoms with Gasteiger partial charge in [-0.15, -0.1) is 0 Å². The molecular weight excluding hydrogens is 244 g/mol. The average Bonchev–Trinajstić information content (AvgIpc) is 2.44. The van der Waals surface area contributed by atoms with E-state index < -0.39 is 0 Å². The highest BCUT2D eigenvalue weighted by Gasteiger charge is 2.51. The molecular formula is C18H26N2. The van der Waals surface area contributed by atoms with Gasteiger partial charge in [-0.3, -0.25) is 4.98 Å². The summed E-state index contributed by atoms with van der Waals surface area (Å²) in [6, 6.07) is 4.87. The third-order valence-corrected chi connectivity index (χ3v) is 6.26. The van der Waals surface area contributed by atoms with Gasteiger partial charge < -0.3 is 5.32 Å². The molecule has 1 aromatic heterocycles. The first-order chi connectivity index (χ1) is 9.76. The minimum Gasteiger partial charge on any atom is -0.313 e. The monoisotopic (exact) mass is 270 g/mol. The highest BCUT2D eigenvalue weighted by molar-refractivity contribution is 5.16. The first-order valence-corrected chi connectivity index (χ1v) is 8.33. The van der Waals surface area contributed by atoms with Gasteiger partial charge in [0.2, 0.25) is 0 Å². The molecule has 1 aromatic rings. The molecule has 2 heteroatoms. The highest BCUT2D eigenvalue weighted by atomic mass is 14.9. The number of hydrogen-bond donors (Lipinski definition) is 1. The molecule has 5 rings (SSSR count). The number of nitrogens with one attached hydrogen (secondary N) is 1. The van der Waals surface area contributed by atoms with E-state index in [-0.39, 0.29) is 0 Å². The van der Waals surface area contributed by atoms with Crippen molar-refractivity contribution in [1.29, 1.82) is 0 Å². The molecule has 0 amide bonds. The van der Waals surface area contributed by atoms with Gasteiger partial charge in [0.1, 0.15) is 0 Å². The van der Waals surface area contributed by atoms with Crippen LogP contribution in [0.5, 0.6) is 0 Å². The molecule has 4 fully saturated rings. The van der Waals surface area contributed by atoms with Crippen LogP contribution in [0.4, 0.5) is 0 Å². The lowest BCUT2D eigenvalue weighted by Crippen LogP contribution is -2.47. The normalized spacial score (nSPS) is 40.0. The molecule has 0 aliphatic heterocycles. The van der Waals surface area contributed by atoms with E-state index in [1.54, 1.807) is 0 Å². The van der Waals surface area contributed by atoms with E-state index in [1.807, 2.05) is 12.4 Å². The molecule has 2 nitrogen and oxygen atoms in total. The van der Waals surface area contributed by atoms with E-state index in [9.17, 15) is 0 Å². The summed E-state index contributed by atoms with van der Waals surface area (Å²) in [6.45, 7) is 0. The van der Waals surface area contributed by atoms with Crippen molar-refractivity contribution in [3.63, 3.8) is 0 Å². The lowest BCUT2D eigenvalue weighted by molar-refractivity contribution is -0.0619. The lowest BCUT2D eigenvalue weighted by atomic mass is 9.48. The molecule has 1 heterocycles. The van der Waals surface area contributed by atoms with Gasteiger partial charge >= 0.3 is 0 Å².